The van der Waals surface area contributed by atoms with Gasteiger partial charge in [0, 0.05) is 12.3 Å². The highest BCUT2D eigenvalue weighted by atomic mass is 32.3. The summed E-state index contributed by atoms with van der Waals surface area (Å²) in [5.41, 5.74) is 0.134. The van der Waals surface area contributed by atoms with Crippen molar-refractivity contribution < 1.29 is 21.7 Å². The van der Waals surface area contributed by atoms with Crippen molar-refractivity contribution in [1.82, 2.24) is 5.32 Å². The third kappa shape index (κ3) is 7.13. The van der Waals surface area contributed by atoms with Gasteiger partial charge in [-0.3, -0.25) is 14.1 Å². The molecule has 0 aromatic rings. The van der Waals surface area contributed by atoms with E-state index < -0.39 is 10.4 Å². The normalized spacial score (nSPS) is 22.3. The standard InChI is InChI=1S/C17H28N2.CH4O4S/c1-7-10-14(4)17(6)13-18-16(12-9-3)19(17)15(5)11-8-2;1-5-6(2,3)4/h7-9,14-15H,1-3,10-13H2,4-6H3;1H3,(H,2,3,4). The Morgan fingerprint density at radius 2 is 1.80 bits per heavy atom. The minimum atomic E-state index is -4.41. The van der Waals surface area contributed by atoms with Crippen molar-refractivity contribution >= 4 is 16.2 Å². The zero-order valence-corrected chi connectivity index (χ0v) is 16.6. The van der Waals surface area contributed by atoms with Gasteiger partial charge in [0.2, 0.25) is 16.2 Å². The molecule has 0 aromatic carbocycles. The maximum Gasteiger partial charge on any atom is 0.249 e. The van der Waals surface area contributed by atoms with Crippen molar-refractivity contribution in [3.05, 3.63) is 38.0 Å². The molecule has 0 saturated heterocycles. The predicted molar refractivity (Wildman–Crippen MR) is 101 cm³/mol. The van der Waals surface area contributed by atoms with E-state index in [4.69, 9.17) is 0 Å². The van der Waals surface area contributed by atoms with Gasteiger partial charge in [-0.15, -0.1) is 19.7 Å². The fourth-order valence-corrected chi connectivity index (χ4v) is 3.10. The molecule has 6 nitrogen and oxygen atoms in total. The van der Waals surface area contributed by atoms with Crippen LogP contribution in [0.1, 0.15) is 40.0 Å². The van der Waals surface area contributed by atoms with Gasteiger partial charge in [0.05, 0.1) is 19.6 Å². The van der Waals surface area contributed by atoms with Gasteiger partial charge in [-0.05, 0) is 20.3 Å². The smallest absolute Gasteiger partial charge is 0.249 e. The summed E-state index contributed by atoms with van der Waals surface area (Å²) in [5.74, 6) is 1.86. The number of nitrogens with one attached hydrogen (secondary N) is 1. The molecule has 0 radical (unpaired) electrons. The summed E-state index contributed by atoms with van der Waals surface area (Å²) in [6.45, 7) is 19.6. The third-order valence-electron chi connectivity index (χ3n) is 4.56. The maximum atomic E-state index is 9.22. The molecule has 1 heterocycles. The lowest BCUT2D eigenvalue weighted by atomic mass is 9.83. The molecular formula is C18H32N2O4S. The van der Waals surface area contributed by atoms with Crippen molar-refractivity contribution in [2.75, 3.05) is 13.7 Å². The number of nitrogens with zero attached hydrogens (tertiary/aromatic N) is 1. The first kappa shape index (κ1) is 23.6. The molecule has 25 heavy (non-hydrogen) atoms. The highest BCUT2D eigenvalue weighted by molar-refractivity contribution is 7.80. The average Bonchev–Trinajstić information content (AvgIpc) is 2.86. The second kappa shape index (κ2) is 10.5. The number of hydrogen-bond donors (Lipinski definition) is 1. The van der Waals surface area contributed by atoms with Crippen LogP contribution in [0.25, 0.3) is 0 Å². The van der Waals surface area contributed by atoms with Crippen LogP contribution in [-0.2, 0) is 14.6 Å². The number of amidine groups is 1. The van der Waals surface area contributed by atoms with Crippen LogP contribution in [0.2, 0.25) is 0 Å². The van der Waals surface area contributed by atoms with Gasteiger partial charge in [-0.2, -0.15) is 0 Å². The first-order chi connectivity index (χ1) is 11.6. The third-order valence-corrected chi connectivity index (χ3v) is 4.97. The molecule has 0 spiro atoms. The Morgan fingerprint density at radius 3 is 2.20 bits per heavy atom. The van der Waals surface area contributed by atoms with Crippen LogP contribution in [0, 0.1) is 5.92 Å². The Balaban J connectivity index is 0.000000823. The summed E-state index contributed by atoms with van der Waals surface area (Å²) >= 11 is 0. The van der Waals surface area contributed by atoms with E-state index in [1.807, 2.05) is 18.2 Å². The lowest BCUT2D eigenvalue weighted by molar-refractivity contribution is -0.632. The Hall–Kier alpha value is -1.44. The Bertz CT molecular complexity index is 598. The van der Waals surface area contributed by atoms with Gasteiger partial charge >= 0.3 is 0 Å². The van der Waals surface area contributed by atoms with E-state index in [0.717, 1.165) is 32.9 Å². The van der Waals surface area contributed by atoms with Crippen LogP contribution in [0.15, 0.2) is 38.0 Å². The van der Waals surface area contributed by atoms with E-state index >= 15 is 0 Å². The Labute approximate surface area is 152 Å². The summed E-state index contributed by atoms with van der Waals surface area (Å²) in [5, 5.41) is 3.58. The van der Waals surface area contributed by atoms with Crippen LogP contribution in [0.5, 0.6) is 0 Å². The van der Waals surface area contributed by atoms with Gasteiger partial charge in [0.25, 0.3) is 0 Å². The molecule has 0 aliphatic carbocycles. The maximum absolute atomic E-state index is 9.22. The average molecular weight is 373 g/mol. The van der Waals surface area contributed by atoms with E-state index in [2.05, 4.69) is 54.6 Å². The second-order valence-corrected chi connectivity index (χ2v) is 7.54. The number of rotatable bonds is 9. The molecule has 144 valence electrons. The summed E-state index contributed by atoms with van der Waals surface area (Å²) in [7, 11) is -3.60. The molecule has 0 saturated carbocycles. The molecule has 1 aliphatic rings. The highest BCUT2D eigenvalue weighted by Crippen LogP contribution is 2.30. The summed E-state index contributed by atoms with van der Waals surface area (Å²) in [4.78, 5) is 0. The minimum Gasteiger partial charge on any atom is -0.726 e. The van der Waals surface area contributed by atoms with Crippen LogP contribution < -0.4 is 5.32 Å². The molecule has 0 aromatic heterocycles. The molecule has 3 atom stereocenters. The molecule has 0 amide bonds. The lowest BCUT2D eigenvalue weighted by Crippen LogP contribution is -2.49. The molecule has 7 heteroatoms. The van der Waals surface area contributed by atoms with Gasteiger partial charge in [-0.25, -0.2) is 8.42 Å². The topological polar surface area (TPSA) is 81.5 Å². The molecule has 0 fully saturated rings. The van der Waals surface area contributed by atoms with Crippen molar-refractivity contribution in [2.45, 2.75) is 51.6 Å². The van der Waals surface area contributed by atoms with E-state index in [0.29, 0.717) is 12.0 Å². The van der Waals surface area contributed by atoms with Crippen molar-refractivity contribution in [3.8, 4) is 0 Å². The summed E-state index contributed by atoms with van der Waals surface area (Å²) in [6, 6.07) is 0.458. The zero-order valence-electron chi connectivity index (χ0n) is 15.8. The Morgan fingerprint density at radius 1 is 1.28 bits per heavy atom. The molecule has 1 aliphatic heterocycles. The van der Waals surface area contributed by atoms with Gasteiger partial charge in [-0.1, -0.05) is 25.2 Å². The van der Waals surface area contributed by atoms with Gasteiger partial charge in [0.15, 0.2) is 0 Å². The first-order valence-electron chi connectivity index (χ1n) is 8.30. The SMILES string of the molecule is C=CCC1=[N+](C(C)CC=C)C(C)(C(C)CC=C)CN1.COS(=O)(=O)[O-]. The van der Waals surface area contributed by atoms with E-state index in [1.165, 1.54) is 5.84 Å². The molecule has 1 rings (SSSR count). The monoisotopic (exact) mass is 372 g/mol. The van der Waals surface area contributed by atoms with Crippen LogP contribution in [0.3, 0.4) is 0 Å². The molecule has 0 bridgehead atoms. The fourth-order valence-electron chi connectivity index (χ4n) is 3.10. The van der Waals surface area contributed by atoms with E-state index in [-0.39, 0.29) is 5.54 Å². The van der Waals surface area contributed by atoms with Crippen LogP contribution >= 0.6 is 0 Å². The quantitative estimate of drug-likeness (QED) is 0.291. The number of allylic oxidation sites excluding steroid dienone is 1. The largest absolute Gasteiger partial charge is 0.726 e. The van der Waals surface area contributed by atoms with Crippen LogP contribution in [0.4, 0.5) is 0 Å². The van der Waals surface area contributed by atoms with Crippen LogP contribution in [-0.4, -0.2) is 48.6 Å². The van der Waals surface area contributed by atoms with Crippen molar-refractivity contribution in [2.24, 2.45) is 5.92 Å². The van der Waals surface area contributed by atoms with Crippen molar-refractivity contribution in [1.29, 1.82) is 0 Å². The lowest BCUT2D eigenvalue weighted by Gasteiger charge is -2.33. The Kier molecular flexibility index (Phi) is 9.92. The minimum absolute atomic E-state index is 0.134. The second-order valence-electron chi connectivity index (χ2n) is 6.39. The van der Waals surface area contributed by atoms with E-state index in [9.17, 15) is 13.0 Å². The van der Waals surface area contributed by atoms with Crippen molar-refractivity contribution in [3.63, 3.8) is 0 Å². The summed E-state index contributed by atoms with van der Waals surface area (Å²) in [6.07, 6.45) is 8.94. The number of hydrogen-bond acceptors (Lipinski definition) is 5. The first-order valence-corrected chi connectivity index (χ1v) is 9.63. The van der Waals surface area contributed by atoms with Gasteiger partial charge in [0.1, 0.15) is 12.1 Å². The predicted octanol–water partition coefficient (Wildman–Crippen LogP) is 2.61. The van der Waals surface area contributed by atoms with Gasteiger partial charge < -0.3 is 4.55 Å². The van der Waals surface area contributed by atoms with E-state index in [1.54, 1.807) is 0 Å². The molecule has 3 unspecified atom stereocenters. The highest BCUT2D eigenvalue weighted by Gasteiger charge is 2.47. The molecule has 1 N–H and O–H groups in total. The molecular weight excluding hydrogens is 340 g/mol. The summed E-state index contributed by atoms with van der Waals surface area (Å²) < 4.78 is 33.6. The fraction of sp³-hybridized carbons (Fsp3) is 0.611. The zero-order chi connectivity index (χ0) is 19.7.